The van der Waals surface area contributed by atoms with E-state index in [1.54, 1.807) is 0 Å². The van der Waals surface area contributed by atoms with E-state index in [4.69, 9.17) is 11.6 Å². The van der Waals surface area contributed by atoms with Gasteiger partial charge in [0.2, 0.25) is 0 Å². The van der Waals surface area contributed by atoms with Gasteiger partial charge in [-0.25, -0.2) is 0 Å². The summed E-state index contributed by atoms with van der Waals surface area (Å²) in [5, 5.41) is 1.02. The number of hydrogen-bond acceptors (Lipinski definition) is 0. The standard InChI is InChI=1S/C13H17Cl/c1-3-12(13(14)4-2)10-11-8-6-5-7-9-11/h5-9H,3-4,10H2,1-2H3/b13-12+. The van der Waals surface area contributed by atoms with E-state index < -0.39 is 0 Å². The van der Waals surface area contributed by atoms with Crippen LogP contribution < -0.4 is 0 Å². The lowest BCUT2D eigenvalue weighted by molar-refractivity contribution is 0.967. The van der Waals surface area contributed by atoms with Gasteiger partial charge in [-0.15, -0.1) is 0 Å². The van der Waals surface area contributed by atoms with Gasteiger partial charge in [0.25, 0.3) is 0 Å². The summed E-state index contributed by atoms with van der Waals surface area (Å²) in [6.45, 7) is 4.26. The second kappa shape index (κ2) is 5.87. The number of benzene rings is 1. The van der Waals surface area contributed by atoms with Crippen molar-refractivity contribution < 1.29 is 0 Å². The fourth-order valence-corrected chi connectivity index (χ4v) is 1.71. The lowest BCUT2D eigenvalue weighted by Crippen LogP contribution is -1.91. The Hall–Kier alpha value is -0.750. The van der Waals surface area contributed by atoms with Crippen LogP contribution >= 0.6 is 11.6 Å². The summed E-state index contributed by atoms with van der Waals surface area (Å²) in [6, 6.07) is 10.5. The number of allylic oxidation sites excluding steroid dienone is 2. The van der Waals surface area contributed by atoms with Crippen molar-refractivity contribution in [2.75, 3.05) is 0 Å². The molecule has 0 radical (unpaired) electrons. The maximum absolute atomic E-state index is 6.16. The summed E-state index contributed by atoms with van der Waals surface area (Å²) in [5.41, 5.74) is 2.70. The molecule has 0 aliphatic rings. The third-order valence-electron chi connectivity index (χ3n) is 2.38. The van der Waals surface area contributed by atoms with E-state index in [1.807, 2.05) is 6.07 Å². The van der Waals surface area contributed by atoms with E-state index in [0.717, 1.165) is 24.3 Å². The van der Waals surface area contributed by atoms with Crippen LogP contribution in [0.5, 0.6) is 0 Å². The third kappa shape index (κ3) is 3.19. The fraction of sp³-hybridized carbons (Fsp3) is 0.385. The van der Waals surface area contributed by atoms with Gasteiger partial charge < -0.3 is 0 Å². The molecule has 0 spiro atoms. The first-order chi connectivity index (χ1) is 6.77. The molecule has 0 saturated heterocycles. The first kappa shape index (κ1) is 11.3. The molecule has 0 heterocycles. The molecule has 0 unspecified atom stereocenters. The summed E-state index contributed by atoms with van der Waals surface area (Å²) in [7, 11) is 0. The van der Waals surface area contributed by atoms with Crippen LogP contribution in [0.4, 0.5) is 0 Å². The van der Waals surface area contributed by atoms with Crippen LogP contribution in [-0.4, -0.2) is 0 Å². The highest BCUT2D eigenvalue weighted by Crippen LogP contribution is 2.20. The van der Waals surface area contributed by atoms with Crippen molar-refractivity contribution in [3.63, 3.8) is 0 Å². The summed E-state index contributed by atoms with van der Waals surface area (Å²) in [4.78, 5) is 0. The topological polar surface area (TPSA) is 0 Å². The maximum Gasteiger partial charge on any atom is 0.0173 e. The molecule has 0 amide bonds. The number of hydrogen-bond donors (Lipinski definition) is 0. The highest BCUT2D eigenvalue weighted by molar-refractivity contribution is 6.29. The Morgan fingerprint density at radius 3 is 2.21 bits per heavy atom. The van der Waals surface area contributed by atoms with Crippen LogP contribution in [-0.2, 0) is 6.42 Å². The van der Waals surface area contributed by atoms with Crippen molar-refractivity contribution in [3.8, 4) is 0 Å². The highest BCUT2D eigenvalue weighted by atomic mass is 35.5. The zero-order chi connectivity index (χ0) is 10.4. The summed E-state index contributed by atoms with van der Waals surface area (Å²) < 4.78 is 0. The molecule has 0 nitrogen and oxygen atoms in total. The molecule has 0 aliphatic carbocycles. The molecule has 0 aromatic heterocycles. The average Bonchev–Trinajstić information content (AvgIpc) is 2.26. The Morgan fingerprint density at radius 1 is 1.07 bits per heavy atom. The Bertz CT molecular complexity index is 298. The third-order valence-corrected chi connectivity index (χ3v) is 2.92. The summed E-state index contributed by atoms with van der Waals surface area (Å²) >= 11 is 6.16. The van der Waals surface area contributed by atoms with Crippen molar-refractivity contribution >= 4 is 11.6 Å². The van der Waals surface area contributed by atoms with Gasteiger partial charge >= 0.3 is 0 Å². The Labute approximate surface area is 91.6 Å². The van der Waals surface area contributed by atoms with Gasteiger partial charge in [-0.2, -0.15) is 0 Å². The van der Waals surface area contributed by atoms with E-state index in [9.17, 15) is 0 Å². The van der Waals surface area contributed by atoms with Crippen LogP contribution in [0, 0.1) is 0 Å². The Morgan fingerprint density at radius 2 is 1.71 bits per heavy atom. The van der Waals surface area contributed by atoms with Crippen LogP contribution in [0.15, 0.2) is 40.9 Å². The molecule has 1 aromatic carbocycles. The van der Waals surface area contributed by atoms with Gasteiger partial charge in [0.05, 0.1) is 0 Å². The molecule has 0 aliphatic heterocycles. The average molecular weight is 209 g/mol. The molecule has 76 valence electrons. The van der Waals surface area contributed by atoms with Crippen LogP contribution in [0.25, 0.3) is 0 Å². The van der Waals surface area contributed by atoms with E-state index >= 15 is 0 Å². The molecule has 14 heavy (non-hydrogen) atoms. The van der Waals surface area contributed by atoms with Crippen molar-refractivity contribution in [2.24, 2.45) is 0 Å². The Balaban J connectivity index is 2.77. The molecule has 0 bridgehead atoms. The predicted molar refractivity (Wildman–Crippen MR) is 63.6 cm³/mol. The zero-order valence-electron chi connectivity index (χ0n) is 8.89. The SMILES string of the molecule is CC/C(Cl)=C(/CC)Cc1ccccc1. The number of rotatable bonds is 4. The molecular formula is C13H17Cl. The van der Waals surface area contributed by atoms with E-state index in [-0.39, 0.29) is 0 Å². The van der Waals surface area contributed by atoms with E-state index in [1.165, 1.54) is 11.1 Å². The minimum Gasteiger partial charge on any atom is -0.0892 e. The van der Waals surface area contributed by atoms with Gasteiger partial charge in [-0.05, 0) is 24.8 Å². The molecule has 1 heteroatoms. The van der Waals surface area contributed by atoms with Crippen molar-refractivity contribution in [3.05, 3.63) is 46.5 Å². The summed E-state index contributed by atoms with van der Waals surface area (Å²) in [6.07, 6.45) is 2.98. The first-order valence-electron chi connectivity index (χ1n) is 5.18. The zero-order valence-corrected chi connectivity index (χ0v) is 9.64. The predicted octanol–water partition coefficient (Wildman–Crippen LogP) is 4.54. The normalized spacial score (nSPS) is 12.5. The highest BCUT2D eigenvalue weighted by Gasteiger charge is 2.02. The fourth-order valence-electron chi connectivity index (χ4n) is 1.50. The van der Waals surface area contributed by atoms with Gasteiger partial charge in [-0.1, -0.05) is 61.4 Å². The number of halogens is 1. The first-order valence-corrected chi connectivity index (χ1v) is 5.56. The molecule has 1 aromatic rings. The molecule has 1 rings (SSSR count). The van der Waals surface area contributed by atoms with Crippen LogP contribution in [0.1, 0.15) is 32.3 Å². The minimum atomic E-state index is 0.942. The van der Waals surface area contributed by atoms with E-state index in [2.05, 4.69) is 38.1 Å². The molecule has 0 saturated carbocycles. The van der Waals surface area contributed by atoms with Gasteiger partial charge in [0.15, 0.2) is 0 Å². The Kier molecular flexibility index (Phi) is 4.75. The smallest absolute Gasteiger partial charge is 0.0173 e. The van der Waals surface area contributed by atoms with Gasteiger partial charge in [0, 0.05) is 5.03 Å². The molecule has 0 N–H and O–H groups in total. The molecule has 0 fully saturated rings. The van der Waals surface area contributed by atoms with Crippen molar-refractivity contribution in [1.82, 2.24) is 0 Å². The van der Waals surface area contributed by atoms with Crippen molar-refractivity contribution in [2.45, 2.75) is 33.1 Å². The quantitative estimate of drug-likeness (QED) is 0.682. The minimum absolute atomic E-state index is 0.942. The second-order valence-corrected chi connectivity index (χ2v) is 3.83. The van der Waals surface area contributed by atoms with Crippen LogP contribution in [0.2, 0.25) is 0 Å². The summed E-state index contributed by atoms with van der Waals surface area (Å²) in [5.74, 6) is 0. The maximum atomic E-state index is 6.16. The van der Waals surface area contributed by atoms with E-state index in [0.29, 0.717) is 0 Å². The molecule has 0 atom stereocenters. The molecular weight excluding hydrogens is 192 g/mol. The van der Waals surface area contributed by atoms with Gasteiger partial charge in [0.1, 0.15) is 0 Å². The van der Waals surface area contributed by atoms with Gasteiger partial charge in [-0.3, -0.25) is 0 Å². The lowest BCUT2D eigenvalue weighted by Gasteiger charge is -2.07. The lowest BCUT2D eigenvalue weighted by atomic mass is 10.0. The second-order valence-electron chi connectivity index (χ2n) is 3.38. The largest absolute Gasteiger partial charge is 0.0892 e. The van der Waals surface area contributed by atoms with Crippen molar-refractivity contribution in [1.29, 1.82) is 0 Å². The monoisotopic (exact) mass is 208 g/mol. The van der Waals surface area contributed by atoms with Crippen LogP contribution in [0.3, 0.4) is 0 Å².